The fraction of sp³-hybridized carbons (Fsp3) is 0.364. The molecule has 0 radical (unpaired) electrons. The molecule has 0 unspecified atom stereocenters. The van der Waals surface area contributed by atoms with Crippen molar-refractivity contribution in [3.63, 3.8) is 0 Å². The van der Waals surface area contributed by atoms with Crippen LogP contribution >= 0.6 is 0 Å². The van der Waals surface area contributed by atoms with Gasteiger partial charge in [-0.05, 0) is 57.5 Å². The highest BCUT2D eigenvalue weighted by atomic mass is 16.5. The molecule has 0 heterocycles. The van der Waals surface area contributed by atoms with Crippen LogP contribution in [0.1, 0.15) is 26.3 Å². The monoisotopic (exact) mass is 384 g/mol. The van der Waals surface area contributed by atoms with Crippen molar-refractivity contribution in [2.45, 2.75) is 27.7 Å². The molecule has 0 saturated heterocycles. The molecule has 150 valence electrons. The van der Waals surface area contributed by atoms with E-state index >= 15 is 0 Å². The number of aryl methyl sites for hydroxylation is 1. The quantitative estimate of drug-likeness (QED) is 0.732. The van der Waals surface area contributed by atoms with Crippen LogP contribution in [0.25, 0.3) is 0 Å². The SMILES string of the molecule is CCN(C(=O)C(C)(C)C(=O)Nc1ccc(OC)c(OC)c1)c1cccc(C)c1. The van der Waals surface area contributed by atoms with Crippen LogP contribution in [-0.2, 0) is 9.59 Å². The zero-order chi connectivity index (χ0) is 20.9. The zero-order valence-electron chi connectivity index (χ0n) is 17.3. The third-order valence-electron chi connectivity index (χ3n) is 4.62. The van der Waals surface area contributed by atoms with Crippen molar-refractivity contribution in [2.75, 3.05) is 31.0 Å². The predicted molar refractivity (Wildman–Crippen MR) is 111 cm³/mol. The summed E-state index contributed by atoms with van der Waals surface area (Å²) in [6.07, 6.45) is 0. The summed E-state index contributed by atoms with van der Waals surface area (Å²) in [5.41, 5.74) is 1.10. The van der Waals surface area contributed by atoms with Crippen molar-refractivity contribution in [3.05, 3.63) is 48.0 Å². The Kier molecular flexibility index (Phi) is 6.67. The van der Waals surface area contributed by atoms with Crippen molar-refractivity contribution in [3.8, 4) is 11.5 Å². The van der Waals surface area contributed by atoms with Gasteiger partial charge in [-0.3, -0.25) is 9.59 Å². The first kappa shape index (κ1) is 21.3. The lowest BCUT2D eigenvalue weighted by molar-refractivity contribution is -0.136. The topological polar surface area (TPSA) is 67.9 Å². The van der Waals surface area contributed by atoms with Crippen molar-refractivity contribution >= 4 is 23.2 Å². The first-order valence-corrected chi connectivity index (χ1v) is 9.16. The summed E-state index contributed by atoms with van der Waals surface area (Å²) in [5.74, 6) is 0.404. The van der Waals surface area contributed by atoms with Crippen LogP contribution in [0, 0.1) is 12.3 Å². The Balaban J connectivity index is 2.24. The molecule has 2 amide bonds. The van der Waals surface area contributed by atoms with E-state index in [2.05, 4.69) is 5.32 Å². The number of methoxy groups -OCH3 is 2. The Labute approximate surface area is 166 Å². The number of hydrogen-bond acceptors (Lipinski definition) is 4. The van der Waals surface area contributed by atoms with Gasteiger partial charge in [-0.1, -0.05) is 12.1 Å². The van der Waals surface area contributed by atoms with E-state index in [9.17, 15) is 9.59 Å². The molecule has 0 spiro atoms. The average molecular weight is 384 g/mol. The van der Waals surface area contributed by atoms with E-state index < -0.39 is 11.3 Å². The summed E-state index contributed by atoms with van der Waals surface area (Å²) >= 11 is 0. The molecule has 0 atom stereocenters. The number of nitrogens with zero attached hydrogens (tertiary/aromatic N) is 1. The Morgan fingerprint density at radius 2 is 1.71 bits per heavy atom. The summed E-state index contributed by atoms with van der Waals surface area (Å²) in [6.45, 7) is 7.59. The maximum atomic E-state index is 13.2. The van der Waals surface area contributed by atoms with E-state index in [1.807, 2.05) is 38.1 Å². The van der Waals surface area contributed by atoms with Gasteiger partial charge in [-0.15, -0.1) is 0 Å². The lowest BCUT2D eigenvalue weighted by Gasteiger charge is -2.30. The van der Waals surface area contributed by atoms with Crippen LogP contribution in [0.5, 0.6) is 11.5 Å². The van der Waals surface area contributed by atoms with Crippen molar-refractivity contribution in [1.82, 2.24) is 0 Å². The number of carbonyl (C=O) groups is 2. The van der Waals surface area contributed by atoms with Gasteiger partial charge in [-0.2, -0.15) is 0 Å². The van der Waals surface area contributed by atoms with Gasteiger partial charge in [0.2, 0.25) is 11.8 Å². The molecule has 2 rings (SSSR count). The van der Waals surface area contributed by atoms with E-state index in [1.165, 1.54) is 7.11 Å². The molecule has 0 saturated carbocycles. The van der Waals surface area contributed by atoms with Gasteiger partial charge in [0.05, 0.1) is 14.2 Å². The minimum atomic E-state index is -1.26. The fourth-order valence-corrected chi connectivity index (χ4v) is 2.88. The molecule has 0 aliphatic rings. The number of rotatable bonds is 7. The van der Waals surface area contributed by atoms with Crippen LogP contribution in [0.3, 0.4) is 0 Å². The van der Waals surface area contributed by atoms with E-state index in [4.69, 9.17) is 9.47 Å². The van der Waals surface area contributed by atoms with Gasteiger partial charge in [0.25, 0.3) is 0 Å². The maximum Gasteiger partial charge on any atom is 0.242 e. The van der Waals surface area contributed by atoms with Crippen LogP contribution < -0.4 is 19.7 Å². The molecule has 0 aromatic heterocycles. The second-order valence-electron chi connectivity index (χ2n) is 7.04. The average Bonchev–Trinajstić information content (AvgIpc) is 2.68. The van der Waals surface area contributed by atoms with Crippen LogP contribution in [0.2, 0.25) is 0 Å². The van der Waals surface area contributed by atoms with E-state index in [-0.39, 0.29) is 5.91 Å². The summed E-state index contributed by atoms with van der Waals surface area (Å²) in [5, 5.41) is 2.81. The van der Waals surface area contributed by atoms with Crippen molar-refractivity contribution in [2.24, 2.45) is 5.41 Å². The number of amides is 2. The normalized spacial score (nSPS) is 10.9. The highest BCUT2D eigenvalue weighted by Gasteiger charge is 2.39. The molecular formula is C22H28N2O4. The second kappa shape index (κ2) is 8.78. The standard InChI is InChI=1S/C22H28N2O4/c1-7-24(17-10-8-9-15(2)13-17)21(26)22(3,4)20(25)23-16-11-12-18(27-5)19(14-16)28-6/h8-14H,7H2,1-6H3,(H,23,25). The molecule has 28 heavy (non-hydrogen) atoms. The Morgan fingerprint density at radius 1 is 1.04 bits per heavy atom. The minimum absolute atomic E-state index is 0.265. The summed E-state index contributed by atoms with van der Waals surface area (Å²) in [7, 11) is 3.07. The lowest BCUT2D eigenvalue weighted by Crippen LogP contribution is -2.47. The number of nitrogens with one attached hydrogen (secondary N) is 1. The Bertz CT molecular complexity index is 861. The van der Waals surface area contributed by atoms with E-state index in [0.29, 0.717) is 23.7 Å². The highest BCUT2D eigenvalue weighted by molar-refractivity contribution is 6.14. The number of carbonyl (C=O) groups excluding carboxylic acids is 2. The molecule has 6 nitrogen and oxygen atoms in total. The summed E-state index contributed by atoms with van der Waals surface area (Å²) in [4.78, 5) is 27.7. The summed E-state index contributed by atoms with van der Waals surface area (Å²) < 4.78 is 10.5. The lowest BCUT2D eigenvalue weighted by atomic mass is 9.89. The number of anilines is 2. The molecule has 0 fully saturated rings. The molecule has 1 N–H and O–H groups in total. The van der Waals surface area contributed by atoms with Gasteiger partial charge in [0.15, 0.2) is 11.5 Å². The van der Waals surface area contributed by atoms with Gasteiger partial charge < -0.3 is 19.7 Å². The Hall–Kier alpha value is -3.02. The third-order valence-corrected chi connectivity index (χ3v) is 4.62. The van der Waals surface area contributed by atoms with Crippen molar-refractivity contribution in [1.29, 1.82) is 0 Å². The first-order valence-electron chi connectivity index (χ1n) is 9.16. The molecule has 0 aliphatic carbocycles. The maximum absolute atomic E-state index is 13.2. The highest BCUT2D eigenvalue weighted by Crippen LogP contribution is 2.31. The van der Waals surface area contributed by atoms with Gasteiger partial charge >= 0.3 is 0 Å². The molecule has 0 aliphatic heterocycles. The largest absolute Gasteiger partial charge is 0.493 e. The summed E-state index contributed by atoms with van der Waals surface area (Å²) in [6, 6.07) is 12.7. The molecule has 0 bridgehead atoms. The third kappa shape index (κ3) is 4.44. The fourth-order valence-electron chi connectivity index (χ4n) is 2.88. The second-order valence-corrected chi connectivity index (χ2v) is 7.04. The minimum Gasteiger partial charge on any atom is -0.493 e. The molecule has 2 aromatic carbocycles. The van der Waals surface area contributed by atoms with Crippen LogP contribution in [0.15, 0.2) is 42.5 Å². The van der Waals surface area contributed by atoms with Crippen molar-refractivity contribution < 1.29 is 19.1 Å². The van der Waals surface area contributed by atoms with Gasteiger partial charge in [0.1, 0.15) is 5.41 Å². The van der Waals surface area contributed by atoms with Gasteiger partial charge in [0, 0.05) is 24.0 Å². The van der Waals surface area contributed by atoms with E-state index in [1.54, 1.807) is 44.1 Å². The van der Waals surface area contributed by atoms with E-state index in [0.717, 1.165) is 11.3 Å². The first-order chi connectivity index (χ1) is 13.2. The molecular weight excluding hydrogens is 356 g/mol. The molecule has 6 heteroatoms. The van der Waals surface area contributed by atoms with Crippen LogP contribution in [-0.4, -0.2) is 32.6 Å². The van der Waals surface area contributed by atoms with Gasteiger partial charge in [-0.25, -0.2) is 0 Å². The van der Waals surface area contributed by atoms with Crippen LogP contribution in [0.4, 0.5) is 11.4 Å². The Morgan fingerprint density at radius 3 is 2.29 bits per heavy atom. The predicted octanol–water partition coefficient (Wildman–Crippen LogP) is 4.03. The number of ether oxygens (including phenoxy) is 2. The number of hydrogen-bond donors (Lipinski definition) is 1. The smallest absolute Gasteiger partial charge is 0.242 e. The number of benzene rings is 2. The molecule has 2 aromatic rings. The zero-order valence-corrected chi connectivity index (χ0v) is 17.3.